The number of carbonyl (C=O) groups is 1. The van der Waals surface area contributed by atoms with E-state index in [0.29, 0.717) is 18.8 Å². The third-order valence-corrected chi connectivity index (χ3v) is 4.77. The van der Waals surface area contributed by atoms with Gasteiger partial charge in [-0.3, -0.25) is 14.9 Å². The molecule has 6 heteroatoms. The number of thiophene rings is 1. The summed E-state index contributed by atoms with van der Waals surface area (Å²) in [6.07, 6.45) is 4.32. The summed E-state index contributed by atoms with van der Waals surface area (Å²) in [5, 5.41) is 7.09. The van der Waals surface area contributed by atoms with E-state index in [1.807, 2.05) is 30.0 Å². The van der Waals surface area contributed by atoms with Crippen molar-refractivity contribution in [2.75, 3.05) is 0 Å². The average molecular weight is 340 g/mol. The zero-order chi connectivity index (χ0) is 16.9. The first kappa shape index (κ1) is 16.4. The van der Waals surface area contributed by atoms with E-state index < -0.39 is 0 Å². The number of pyridine rings is 1. The fourth-order valence-electron chi connectivity index (χ4n) is 2.48. The molecule has 3 rings (SSSR count). The third-order valence-electron chi connectivity index (χ3n) is 3.78. The number of nitrogens with one attached hydrogen (secondary N) is 1. The van der Waals surface area contributed by atoms with Gasteiger partial charge in [-0.25, -0.2) is 0 Å². The molecule has 5 nitrogen and oxygen atoms in total. The van der Waals surface area contributed by atoms with Gasteiger partial charge in [0.25, 0.3) is 5.91 Å². The number of aromatic amines is 1. The molecule has 0 bridgehead atoms. The minimum atomic E-state index is -0.0613. The van der Waals surface area contributed by atoms with Crippen molar-refractivity contribution >= 4 is 17.2 Å². The van der Waals surface area contributed by atoms with Crippen LogP contribution in [0.5, 0.6) is 0 Å². The summed E-state index contributed by atoms with van der Waals surface area (Å²) < 4.78 is 0. The second-order valence-electron chi connectivity index (χ2n) is 5.66. The van der Waals surface area contributed by atoms with E-state index in [4.69, 9.17) is 0 Å². The number of H-pyrrole nitrogens is 1. The van der Waals surface area contributed by atoms with Crippen molar-refractivity contribution in [1.82, 2.24) is 20.1 Å². The molecule has 3 aromatic heterocycles. The van der Waals surface area contributed by atoms with Crippen molar-refractivity contribution < 1.29 is 4.79 Å². The second kappa shape index (κ2) is 7.40. The zero-order valence-electron chi connectivity index (χ0n) is 13.8. The Kier molecular flexibility index (Phi) is 5.05. The van der Waals surface area contributed by atoms with Crippen LogP contribution in [-0.4, -0.2) is 26.0 Å². The molecule has 3 heterocycles. The Morgan fingerprint density at radius 3 is 2.62 bits per heavy atom. The Bertz CT molecular complexity index is 809. The minimum Gasteiger partial charge on any atom is -0.328 e. The molecular formula is C18H20N4OS. The highest BCUT2D eigenvalue weighted by Gasteiger charge is 2.20. The monoisotopic (exact) mass is 340 g/mol. The van der Waals surface area contributed by atoms with Gasteiger partial charge in [0.2, 0.25) is 0 Å². The molecule has 0 radical (unpaired) electrons. The van der Waals surface area contributed by atoms with Crippen LogP contribution in [-0.2, 0) is 19.5 Å². The summed E-state index contributed by atoms with van der Waals surface area (Å²) in [7, 11) is 0. The molecular weight excluding hydrogens is 320 g/mol. The molecule has 0 aliphatic carbocycles. The SMILES string of the molecule is CCc1cc(C(=O)N(Cc2ccncc2)Cc2ccc(C)s2)n[nH]1. The lowest BCUT2D eigenvalue weighted by molar-refractivity contribution is 0.0725. The van der Waals surface area contributed by atoms with Crippen LogP contribution in [0.15, 0.2) is 42.7 Å². The number of hydrogen-bond donors (Lipinski definition) is 1. The van der Waals surface area contributed by atoms with E-state index in [1.54, 1.807) is 23.7 Å². The summed E-state index contributed by atoms with van der Waals surface area (Å²) in [5.41, 5.74) is 2.49. The van der Waals surface area contributed by atoms with Crippen LogP contribution in [0.25, 0.3) is 0 Å². The second-order valence-corrected chi connectivity index (χ2v) is 7.03. The normalized spacial score (nSPS) is 10.8. The molecule has 0 unspecified atom stereocenters. The zero-order valence-corrected chi connectivity index (χ0v) is 14.6. The molecule has 0 aromatic carbocycles. The van der Waals surface area contributed by atoms with Gasteiger partial charge in [0.1, 0.15) is 5.69 Å². The third kappa shape index (κ3) is 3.89. The topological polar surface area (TPSA) is 61.9 Å². The van der Waals surface area contributed by atoms with Crippen LogP contribution in [0, 0.1) is 6.92 Å². The van der Waals surface area contributed by atoms with Gasteiger partial charge in [0, 0.05) is 34.4 Å². The van der Waals surface area contributed by atoms with Crippen LogP contribution in [0.1, 0.15) is 38.4 Å². The van der Waals surface area contributed by atoms with Gasteiger partial charge in [-0.15, -0.1) is 11.3 Å². The van der Waals surface area contributed by atoms with Gasteiger partial charge < -0.3 is 4.90 Å². The standard InChI is InChI=1S/C18H20N4OS/c1-3-15-10-17(21-20-15)18(23)22(11-14-6-8-19-9-7-14)12-16-5-4-13(2)24-16/h4-10H,3,11-12H2,1-2H3,(H,20,21). The first-order valence-electron chi connectivity index (χ1n) is 7.93. The summed E-state index contributed by atoms with van der Waals surface area (Å²) in [6.45, 7) is 5.22. The Morgan fingerprint density at radius 2 is 2.00 bits per heavy atom. The van der Waals surface area contributed by atoms with Crippen LogP contribution in [0.3, 0.4) is 0 Å². The molecule has 24 heavy (non-hydrogen) atoms. The maximum atomic E-state index is 12.9. The lowest BCUT2D eigenvalue weighted by atomic mass is 10.2. The van der Waals surface area contributed by atoms with E-state index in [0.717, 1.165) is 17.7 Å². The largest absolute Gasteiger partial charge is 0.328 e. The molecule has 3 aromatic rings. The highest BCUT2D eigenvalue weighted by atomic mass is 32.1. The molecule has 1 N–H and O–H groups in total. The van der Waals surface area contributed by atoms with Crippen LogP contribution < -0.4 is 0 Å². The van der Waals surface area contributed by atoms with Crippen molar-refractivity contribution in [2.24, 2.45) is 0 Å². The van der Waals surface area contributed by atoms with E-state index in [9.17, 15) is 4.79 Å². The summed E-state index contributed by atoms with van der Waals surface area (Å²) in [4.78, 5) is 21.2. The summed E-state index contributed by atoms with van der Waals surface area (Å²) >= 11 is 1.71. The number of amides is 1. The fraction of sp³-hybridized carbons (Fsp3) is 0.278. The molecule has 0 aliphatic rings. The van der Waals surface area contributed by atoms with E-state index >= 15 is 0 Å². The van der Waals surface area contributed by atoms with Crippen LogP contribution in [0.4, 0.5) is 0 Å². The predicted molar refractivity (Wildman–Crippen MR) is 94.8 cm³/mol. The average Bonchev–Trinajstić information content (AvgIpc) is 3.23. The van der Waals surface area contributed by atoms with Gasteiger partial charge in [-0.2, -0.15) is 5.10 Å². The number of rotatable bonds is 6. The van der Waals surface area contributed by atoms with Gasteiger partial charge in [-0.1, -0.05) is 6.92 Å². The molecule has 0 saturated heterocycles. The minimum absolute atomic E-state index is 0.0613. The van der Waals surface area contributed by atoms with Crippen molar-refractivity contribution in [3.8, 4) is 0 Å². The Labute approximate surface area is 145 Å². The molecule has 0 spiro atoms. The predicted octanol–water partition coefficient (Wildman–Crippen LogP) is 3.58. The van der Waals surface area contributed by atoms with Crippen LogP contribution in [0.2, 0.25) is 0 Å². The van der Waals surface area contributed by atoms with Crippen LogP contribution >= 0.6 is 11.3 Å². The van der Waals surface area contributed by atoms with Crippen molar-refractivity contribution in [1.29, 1.82) is 0 Å². The van der Waals surface area contributed by atoms with Gasteiger partial charge in [0.15, 0.2) is 0 Å². The first-order valence-corrected chi connectivity index (χ1v) is 8.75. The fourth-order valence-corrected chi connectivity index (χ4v) is 3.39. The van der Waals surface area contributed by atoms with Crippen molar-refractivity contribution in [3.63, 3.8) is 0 Å². The molecule has 0 saturated carbocycles. The molecule has 0 atom stereocenters. The molecule has 0 aliphatic heterocycles. The number of aromatic nitrogens is 3. The lowest BCUT2D eigenvalue weighted by Crippen LogP contribution is -2.30. The highest BCUT2D eigenvalue weighted by Crippen LogP contribution is 2.20. The molecule has 1 amide bonds. The maximum absolute atomic E-state index is 12.9. The van der Waals surface area contributed by atoms with E-state index in [-0.39, 0.29) is 5.91 Å². The number of aryl methyl sites for hydroxylation is 2. The van der Waals surface area contributed by atoms with Crippen molar-refractivity contribution in [3.05, 3.63) is 69.4 Å². The molecule has 124 valence electrons. The Hall–Kier alpha value is -2.47. The van der Waals surface area contributed by atoms with Gasteiger partial charge >= 0.3 is 0 Å². The maximum Gasteiger partial charge on any atom is 0.274 e. The Morgan fingerprint density at radius 1 is 1.21 bits per heavy atom. The molecule has 0 fully saturated rings. The summed E-state index contributed by atoms with van der Waals surface area (Å²) in [6, 6.07) is 9.86. The van der Waals surface area contributed by atoms with Crippen molar-refractivity contribution in [2.45, 2.75) is 33.4 Å². The van der Waals surface area contributed by atoms with E-state index in [1.165, 1.54) is 9.75 Å². The smallest absolute Gasteiger partial charge is 0.274 e. The lowest BCUT2D eigenvalue weighted by Gasteiger charge is -2.21. The Balaban J connectivity index is 1.84. The van der Waals surface area contributed by atoms with Gasteiger partial charge in [0.05, 0.1) is 6.54 Å². The summed E-state index contributed by atoms with van der Waals surface area (Å²) in [5.74, 6) is -0.0613. The van der Waals surface area contributed by atoms with Gasteiger partial charge in [-0.05, 0) is 49.2 Å². The van der Waals surface area contributed by atoms with E-state index in [2.05, 4.69) is 34.2 Å². The number of nitrogens with zero attached hydrogens (tertiary/aromatic N) is 3. The first-order chi connectivity index (χ1) is 11.7. The quantitative estimate of drug-likeness (QED) is 0.746. The number of hydrogen-bond acceptors (Lipinski definition) is 4. The number of carbonyl (C=O) groups excluding carboxylic acids is 1. The highest BCUT2D eigenvalue weighted by molar-refractivity contribution is 7.11.